The van der Waals surface area contributed by atoms with Gasteiger partial charge in [-0.25, -0.2) is 4.79 Å². The Morgan fingerprint density at radius 3 is 2.74 bits per heavy atom. The van der Waals surface area contributed by atoms with E-state index in [-0.39, 0.29) is 16.9 Å². The second-order valence-electron chi connectivity index (χ2n) is 3.90. The van der Waals surface area contributed by atoms with Gasteiger partial charge in [0.25, 0.3) is 5.69 Å². The summed E-state index contributed by atoms with van der Waals surface area (Å²) in [7, 11) is 0. The van der Waals surface area contributed by atoms with E-state index >= 15 is 0 Å². The van der Waals surface area contributed by atoms with Crippen molar-refractivity contribution in [2.45, 2.75) is 13.3 Å². The number of rotatable bonds is 8. The fourth-order valence-corrected chi connectivity index (χ4v) is 1.66. The molecule has 7 heteroatoms. The van der Waals surface area contributed by atoms with Gasteiger partial charge in [-0.05, 0) is 25.6 Å². The summed E-state index contributed by atoms with van der Waals surface area (Å²) in [6, 6.07) is 4.01. The molecule has 1 aromatic rings. The predicted molar refractivity (Wildman–Crippen MR) is 71.7 cm³/mol. The molecule has 19 heavy (non-hydrogen) atoms. The number of carboxylic acids is 1. The number of nitro benzene ring substituents is 1. The summed E-state index contributed by atoms with van der Waals surface area (Å²) in [5, 5.41) is 25.9. The zero-order valence-electron chi connectivity index (χ0n) is 10.7. The van der Waals surface area contributed by atoms with Crippen LogP contribution in [0.2, 0.25) is 0 Å². The fraction of sp³-hybridized carbons (Fsp3) is 0.417. The number of nitro groups is 1. The zero-order chi connectivity index (χ0) is 14.3. The van der Waals surface area contributed by atoms with Crippen molar-refractivity contribution in [1.29, 1.82) is 0 Å². The van der Waals surface area contributed by atoms with Gasteiger partial charge in [-0.15, -0.1) is 0 Å². The number of carbonyl (C=O) groups is 1. The van der Waals surface area contributed by atoms with Gasteiger partial charge in [-0.2, -0.15) is 0 Å². The molecule has 3 N–H and O–H groups in total. The van der Waals surface area contributed by atoms with Gasteiger partial charge >= 0.3 is 5.97 Å². The summed E-state index contributed by atoms with van der Waals surface area (Å²) >= 11 is 0. The normalized spacial score (nSPS) is 10.2. The third-order valence-corrected chi connectivity index (χ3v) is 2.55. The average molecular weight is 267 g/mol. The van der Waals surface area contributed by atoms with Crippen molar-refractivity contribution in [3.63, 3.8) is 0 Å². The second kappa shape index (κ2) is 7.32. The predicted octanol–water partition coefficient (Wildman–Crippen LogP) is 1.70. The number of nitrogens with zero attached hydrogens (tertiary/aromatic N) is 1. The average Bonchev–Trinajstić information content (AvgIpc) is 2.38. The van der Waals surface area contributed by atoms with E-state index in [0.717, 1.165) is 19.5 Å². The van der Waals surface area contributed by atoms with Crippen LogP contribution >= 0.6 is 0 Å². The summed E-state index contributed by atoms with van der Waals surface area (Å²) in [6.07, 6.45) is 0.749. The Morgan fingerprint density at radius 1 is 1.42 bits per heavy atom. The van der Waals surface area contributed by atoms with Crippen LogP contribution in [0, 0.1) is 10.1 Å². The molecule has 0 saturated heterocycles. The largest absolute Gasteiger partial charge is 0.478 e. The molecule has 0 aliphatic rings. The molecule has 0 aromatic heterocycles. The minimum absolute atomic E-state index is 0.0662. The summed E-state index contributed by atoms with van der Waals surface area (Å²) in [4.78, 5) is 21.4. The number of nitrogens with one attached hydrogen (secondary N) is 2. The highest BCUT2D eigenvalue weighted by atomic mass is 16.6. The molecule has 1 rings (SSSR count). The number of anilines is 1. The van der Waals surface area contributed by atoms with Crippen LogP contribution in [0.1, 0.15) is 23.7 Å². The van der Waals surface area contributed by atoms with E-state index in [1.165, 1.54) is 18.2 Å². The Bertz CT molecular complexity index is 430. The Hall–Kier alpha value is -2.15. The molecule has 0 saturated carbocycles. The smallest absolute Gasteiger partial charge is 0.338 e. The number of hydrogen-bond donors (Lipinski definition) is 3. The third-order valence-electron chi connectivity index (χ3n) is 2.55. The Morgan fingerprint density at radius 2 is 2.16 bits per heavy atom. The van der Waals surface area contributed by atoms with Crippen LogP contribution in [0.4, 0.5) is 11.4 Å². The van der Waals surface area contributed by atoms with E-state index < -0.39 is 10.9 Å². The van der Waals surface area contributed by atoms with E-state index in [2.05, 4.69) is 10.6 Å². The molecule has 7 nitrogen and oxygen atoms in total. The minimum atomic E-state index is -1.18. The first kappa shape index (κ1) is 14.9. The lowest BCUT2D eigenvalue weighted by molar-refractivity contribution is -0.384. The van der Waals surface area contributed by atoms with E-state index in [9.17, 15) is 14.9 Å². The number of benzene rings is 1. The van der Waals surface area contributed by atoms with Gasteiger partial charge in [0.15, 0.2) is 0 Å². The van der Waals surface area contributed by atoms with E-state index in [1.54, 1.807) is 0 Å². The Kier molecular flexibility index (Phi) is 5.74. The van der Waals surface area contributed by atoms with Crippen LogP contribution in [-0.4, -0.2) is 35.6 Å². The molecule has 0 radical (unpaired) electrons. The van der Waals surface area contributed by atoms with Crippen molar-refractivity contribution in [3.8, 4) is 0 Å². The van der Waals surface area contributed by atoms with Crippen LogP contribution in [0.15, 0.2) is 18.2 Å². The number of aromatic carboxylic acids is 1. The maximum absolute atomic E-state index is 11.1. The summed E-state index contributed by atoms with van der Waals surface area (Å²) in [5.41, 5.74) is -0.238. The Labute approximate surface area is 110 Å². The highest BCUT2D eigenvalue weighted by molar-refractivity contribution is 5.96. The topological polar surface area (TPSA) is 104 Å². The first-order valence-electron chi connectivity index (χ1n) is 6.03. The molecule has 1 aromatic carbocycles. The molecule has 0 amide bonds. The van der Waals surface area contributed by atoms with Gasteiger partial charge in [-0.3, -0.25) is 10.1 Å². The maximum atomic E-state index is 11.1. The van der Waals surface area contributed by atoms with Crippen molar-refractivity contribution in [3.05, 3.63) is 33.9 Å². The molecule has 104 valence electrons. The van der Waals surface area contributed by atoms with Crippen molar-refractivity contribution < 1.29 is 14.8 Å². The molecule has 0 aliphatic carbocycles. The van der Waals surface area contributed by atoms with Crippen LogP contribution in [-0.2, 0) is 0 Å². The maximum Gasteiger partial charge on any atom is 0.338 e. The highest BCUT2D eigenvalue weighted by Gasteiger charge is 2.20. The number of para-hydroxylation sites is 1. The first-order valence-corrected chi connectivity index (χ1v) is 6.03. The Balaban J connectivity index is 2.83. The van der Waals surface area contributed by atoms with Gasteiger partial charge in [-0.1, -0.05) is 13.0 Å². The molecule has 0 fully saturated rings. The fourth-order valence-electron chi connectivity index (χ4n) is 1.66. The standard InChI is InChI=1S/C12H17N3O4/c1-2-13-7-4-8-14-11-9(12(16)17)5-3-6-10(11)15(18)19/h3,5-6,13-14H,2,4,7-8H2,1H3,(H,16,17). The van der Waals surface area contributed by atoms with Crippen LogP contribution in [0.25, 0.3) is 0 Å². The monoisotopic (exact) mass is 267 g/mol. The molecule has 0 heterocycles. The van der Waals surface area contributed by atoms with Crippen LogP contribution in [0.3, 0.4) is 0 Å². The molecule has 0 bridgehead atoms. The van der Waals surface area contributed by atoms with Gasteiger partial charge in [0.1, 0.15) is 5.69 Å². The molecular formula is C12H17N3O4. The lowest BCUT2D eigenvalue weighted by Crippen LogP contribution is -2.18. The van der Waals surface area contributed by atoms with E-state index in [1.807, 2.05) is 6.92 Å². The lowest BCUT2D eigenvalue weighted by atomic mass is 10.1. The highest BCUT2D eigenvalue weighted by Crippen LogP contribution is 2.28. The van der Waals surface area contributed by atoms with Crippen molar-refractivity contribution in [1.82, 2.24) is 5.32 Å². The molecule has 0 atom stereocenters. The molecule has 0 unspecified atom stereocenters. The number of carboxylic acid groups (broad SMARTS) is 1. The van der Waals surface area contributed by atoms with E-state index in [4.69, 9.17) is 5.11 Å². The summed E-state index contributed by atoms with van der Waals surface area (Å²) in [5.74, 6) is -1.18. The van der Waals surface area contributed by atoms with Gasteiger partial charge in [0.05, 0.1) is 10.5 Å². The SMILES string of the molecule is CCNCCCNc1c(C(=O)O)cccc1[N+](=O)[O-]. The van der Waals surface area contributed by atoms with Gasteiger partial charge in [0.2, 0.25) is 0 Å². The third kappa shape index (κ3) is 4.22. The van der Waals surface area contributed by atoms with E-state index in [0.29, 0.717) is 6.54 Å². The van der Waals surface area contributed by atoms with Gasteiger partial charge < -0.3 is 15.7 Å². The van der Waals surface area contributed by atoms with Crippen molar-refractivity contribution in [2.24, 2.45) is 0 Å². The van der Waals surface area contributed by atoms with Crippen molar-refractivity contribution in [2.75, 3.05) is 25.0 Å². The number of hydrogen-bond acceptors (Lipinski definition) is 5. The lowest BCUT2D eigenvalue weighted by Gasteiger charge is -2.10. The molecule has 0 spiro atoms. The summed E-state index contributed by atoms with van der Waals surface area (Å²) < 4.78 is 0. The first-order chi connectivity index (χ1) is 9.07. The molecular weight excluding hydrogens is 250 g/mol. The van der Waals surface area contributed by atoms with Gasteiger partial charge in [0, 0.05) is 12.6 Å². The van der Waals surface area contributed by atoms with Crippen LogP contribution < -0.4 is 10.6 Å². The van der Waals surface area contributed by atoms with Crippen molar-refractivity contribution >= 4 is 17.3 Å². The quantitative estimate of drug-likeness (QED) is 0.376. The second-order valence-corrected chi connectivity index (χ2v) is 3.90. The van der Waals surface area contributed by atoms with Crippen LogP contribution in [0.5, 0.6) is 0 Å². The summed E-state index contributed by atoms with van der Waals surface area (Å²) in [6.45, 7) is 4.08. The molecule has 0 aliphatic heterocycles. The minimum Gasteiger partial charge on any atom is -0.478 e. The zero-order valence-corrected chi connectivity index (χ0v) is 10.7.